The Morgan fingerprint density at radius 3 is 1.62 bits per heavy atom. The standard InChI is InChI=1S/C13H24/c1-9-6-4-5-7-10(2)13(9)12-8-11(12)3/h9-13H,4-8H2,1-3H3. The summed E-state index contributed by atoms with van der Waals surface area (Å²) in [4.78, 5) is 0. The molecular formula is C13H24. The van der Waals surface area contributed by atoms with E-state index in [1.807, 2.05) is 0 Å². The van der Waals surface area contributed by atoms with Crippen LogP contribution in [0.2, 0.25) is 0 Å². The lowest BCUT2D eigenvalue weighted by Gasteiger charge is -2.27. The molecule has 0 N–H and O–H groups in total. The van der Waals surface area contributed by atoms with Crippen LogP contribution in [0.15, 0.2) is 0 Å². The van der Waals surface area contributed by atoms with Gasteiger partial charge in [-0.3, -0.25) is 0 Å². The maximum Gasteiger partial charge on any atom is -0.0332 e. The Morgan fingerprint density at radius 1 is 0.769 bits per heavy atom. The third-order valence-corrected chi connectivity index (χ3v) is 4.55. The molecule has 0 heterocycles. The second-order valence-corrected chi connectivity index (χ2v) is 5.69. The predicted molar refractivity (Wildman–Crippen MR) is 57.6 cm³/mol. The fourth-order valence-corrected chi connectivity index (χ4v) is 3.61. The number of rotatable bonds is 1. The largest absolute Gasteiger partial charge is 0.0622 e. The number of hydrogen-bond donors (Lipinski definition) is 0. The molecule has 0 heteroatoms. The fraction of sp³-hybridized carbons (Fsp3) is 1.00. The van der Waals surface area contributed by atoms with Crippen molar-refractivity contribution in [1.82, 2.24) is 0 Å². The van der Waals surface area contributed by atoms with Crippen molar-refractivity contribution in [1.29, 1.82) is 0 Å². The van der Waals surface area contributed by atoms with Crippen molar-refractivity contribution in [2.24, 2.45) is 29.6 Å². The van der Waals surface area contributed by atoms with Gasteiger partial charge in [0.1, 0.15) is 0 Å². The molecule has 0 radical (unpaired) electrons. The summed E-state index contributed by atoms with van der Waals surface area (Å²) in [5.41, 5.74) is 0. The molecule has 0 nitrogen and oxygen atoms in total. The third kappa shape index (κ3) is 1.92. The van der Waals surface area contributed by atoms with E-state index >= 15 is 0 Å². The minimum absolute atomic E-state index is 1.01. The van der Waals surface area contributed by atoms with Crippen molar-refractivity contribution in [2.45, 2.75) is 52.9 Å². The summed E-state index contributed by atoms with van der Waals surface area (Å²) in [6, 6.07) is 0. The maximum atomic E-state index is 2.50. The van der Waals surface area contributed by atoms with Gasteiger partial charge in [-0.15, -0.1) is 0 Å². The highest BCUT2D eigenvalue weighted by molar-refractivity contribution is 4.93. The van der Waals surface area contributed by atoms with Crippen molar-refractivity contribution >= 4 is 0 Å². The summed E-state index contributed by atoms with van der Waals surface area (Å²) in [6.45, 7) is 7.43. The first-order chi connectivity index (χ1) is 6.20. The summed E-state index contributed by atoms with van der Waals surface area (Å²) in [6.07, 6.45) is 7.50. The maximum absolute atomic E-state index is 2.50. The first-order valence-corrected chi connectivity index (χ1v) is 6.20. The van der Waals surface area contributed by atoms with Gasteiger partial charge < -0.3 is 0 Å². The lowest BCUT2D eigenvalue weighted by Crippen LogP contribution is -2.20. The molecule has 2 aliphatic carbocycles. The Hall–Kier alpha value is 0. The third-order valence-electron chi connectivity index (χ3n) is 4.55. The zero-order chi connectivity index (χ0) is 9.42. The van der Waals surface area contributed by atoms with Crippen LogP contribution in [-0.2, 0) is 0 Å². The van der Waals surface area contributed by atoms with Crippen molar-refractivity contribution in [3.05, 3.63) is 0 Å². The molecule has 2 rings (SSSR count). The van der Waals surface area contributed by atoms with E-state index in [2.05, 4.69) is 20.8 Å². The van der Waals surface area contributed by atoms with Gasteiger partial charge in [0.25, 0.3) is 0 Å². The zero-order valence-electron chi connectivity index (χ0n) is 9.42. The van der Waals surface area contributed by atoms with Crippen LogP contribution in [0.4, 0.5) is 0 Å². The van der Waals surface area contributed by atoms with Crippen molar-refractivity contribution in [3.8, 4) is 0 Å². The van der Waals surface area contributed by atoms with E-state index in [0.717, 1.165) is 29.6 Å². The van der Waals surface area contributed by atoms with E-state index in [0.29, 0.717) is 0 Å². The van der Waals surface area contributed by atoms with Crippen LogP contribution in [-0.4, -0.2) is 0 Å². The molecule has 0 aliphatic heterocycles. The van der Waals surface area contributed by atoms with E-state index in [1.54, 1.807) is 0 Å². The minimum atomic E-state index is 1.01. The molecule has 0 amide bonds. The highest BCUT2D eigenvalue weighted by Gasteiger charge is 2.44. The van der Waals surface area contributed by atoms with Crippen LogP contribution in [0.25, 0.3) is 0 Å². The lowest BCUT2D eigenvalue weighted by molar-refractivity contribution is 0.218. The summed E-state index contributed by atoms with van der Waals surface area (Å²) in [5, 5.41) is 0. The van der Waals surface area contributed by atoms with Crippen molar-refractivity contribution < 1.29 is 0 Å². The van der Waals surface area contributed by atoms with Crippen molar-refractivity contribution in [3.63, 3.8) is 0 Å². The van der Waals surface area contributed by atoms with Gasteiger partial charge in [-0.05, 0) is 36.0 Å². The topological polar surface area (TPSA) is 0 Å². The van der Waals surface area contributed by atoms with Gasteiger partial charge in [0, 0.05) is 0 Å². The average Bonchev–Trinajstić information content (AvgIpc) is 2.78. The molecule has 2 fully saturated rings. The Balaban J connectivity index is 2.02. The second-order valence-electron chi connectivity index (χ2n) is 5.69. The Kier molecular flexibility index (Phi) is 2.67. The van der Waals surface area contributed by atoms with Crippen LogP contribution >= 0.6 is 0 Å². The average molecular weight is 180 g/mol. The van der Waals surface area contributed by atoms with Crippen LogP contribution in [0.1, 0.15) is 52.9 Å². The molecule has 4 unspecified atom stereocenters. The normalized spacial score (nSPS) is 51.5. The molecule has 13 heavy (non-hydrogen) atoms. The molecule has 76 valence electrons. The van der Waals surface area contributed by atoms with Crippen LogP contribution in [0, 0.1) is 29.6 Å². The molecule has 0 aromatic rings. The Labute approximate surface area is 83.1 Å². The van der Waals surface area contributed by atoms with Gasteiger partial charge in [-0.1, -0.05) is 46.5 Å². The monoisotopic (exact) mass is 180 g/mol. The van der Waals surface area contributed by atoms with E-state index in [-0.39, 0.29) is 0 Å². The summed E-state index contributed by atoms with van der Waals surface area (Å²) < 4.78 is 0. The highest BCUT2D eigenvalue weighted by atomic mass is 14.5. The van der Waals surface area contributed by atoms with Crippen LogP contribution in [0.3, 0.4) is 0 Å². The smallest absolute Gasteiger partial charge is 0.0332 e. The zero-order valence-corrected chi connectivity index (χ0v) is 9.42. The van der Waals surface area contributed by atoms with Gasteiger partial charge in [0.05, 0.1) is 0 Å². The van der Waals surface area contributed by atoms with E-state index < -0.39 is 0 Å². The summed E-state index contributed by atoms with van der Waals surface area (Å²) in [7, 11) is 0. The molecule has 0 aromatic heterocycles. The summed E-state index contributed by atoms with van der Waals surface area (Å²) >= 11 is 0. The van der Waals surface area contributed by atoms with Gasteiger partial charge in [0.2, 0.25) is 0 Å². The minimum Gasteiger partial charge on any atom is -0.0622 e. The lowest BCUT2D eigenvalue weighted by atomic mass is 9.78. The van der Waals surface area contributed by atoms with E-state index in [1.165, 1.54) is 32.1 Å². The first kappa shape index (κ1) is 9.55. The Morgan fingerprint density at radius 2 is 1.23 bits per heavy atom. The van der Waals surface area contributed by atoms with Crippen LogP contribution < -0.4 is 0 Å². The van der Waals surface area contributed by atoms with Crippen LogP contribution in [0.5, 0.6) is 0 Å². The van der Waals surface area contributed by atoms with Gasteiger partial charge in [-0.25, -0.2) is 0 Å². The second kappa shape index (κ2) is 3.63. The molecule has 0 bridgehead atoms. The first-order valence-electron chi connectivity index (χ1n) is 6.20. The quantitative estimate of drug-likeness (QED) is 0.533. The number of hydrogen-bond acceptors (Lipinski definition) is 0. The van der Waals surface area contributed by atoms with E-state index in [4.69, 9.17) is 0 Å². The molecular weight excluding hydrogens is 156 g/mol. The van der Waals surface area contributed by atoms with Gasteiger partial charge >= 0.3 is 0 Å². The van der Waals surface area contributed by atoms with Gasteiger partial charge in [0.15, 0.2) is 0 Å². The molecule has 4 atom stereocenters. The van der Waals surface area contributed by atoms with E-state index in [9.17, 15) is 0 Å². The molecule has 0 saturated heterocycles. The molecule has 0 spiro atoms. The predicted octanol–water partition coefficient (Wildman–Crippen LogP) is 4.10. The SMILES string of the molecule is CC1CC1C1C(C)CCCCC1C. The fourth-order valence-electron chi connectivity index (χ4n) is 3.61. The summed E-state index contributed by atoms with van der Waals surface area (Å²) in [5.74, 6) is 5.23. The molecule has 2 aliphatic rings. The highest BCUT2D eigenvalue weighted by Crippen LogP contribution is 2.52. The Bertz CT molecular complexity index is 161. The van der Waals surface area contributed by atoms with Crippen molar-refractivity contribution in [2.75, 3.05) is 0 Å². The van der Waals surface area contributed by atoms with Gasteiger partial charge in [-0.2, -0.15) is 0 Å². The molecule has 2 saturated carbocycles. The molecule has 0 aromatic carbocycles.